The summed E-state index contributed by atoms with van der Waals surface area (Å²) in [7, 11) is 0. The maximum absolute atomic E-state index is 12.0. The van der Waals surface area contributed by atoms with Gasteiger partial charge >= 0.3 is 0 Å². The SMILES string of the molecule is O=C(CC1CCSCC1)N1CCCCC1. The van der Waals surface area contributed by atoms with Gasteiger partial charge in [-0.3, -0.25) is 4.79 Å². The van der Waals surface area contributed by atoms with E-state index in [0.29, 0.717) is 11.8 Å². The van der Waals surface area contributed by atoms with Gasteiger partial charge < -0.3 is 4.90 Å². The van der Waals surface area contributed by atoms with Crippen molar-refractivity contribution in [1.82, 2.24) is 4.90 Å². The first-order chi connectivity index (χ1) is 7.36. The second-order valence-corrected chi connectivity index (χ2v) is 5.93. The molecule has 0 spiro atoms. The van der Waals surface area contributed by atoms with Crippen LogP contribution in [0.1, 0.15) is 38.5 Å². The highest BCUT2D eigenvalue weighted by Gasteiger charge is 2.22. The molecule has 3 heteroatoms. The minimum absolute atomic E-state index is 0.423. The molecular weight excluding hydrogens is 206 g/mol. The number of hydrogen-bond donors (Lipinski definition) is 0. The molecule has 0 aromatic rings. The first kappa shape index (κ1) is 11.3. The van der Waals surface area contributed by atoms with E-state index in [9.17, 15) is 4.79 Å². The predicted octanol–water partition coefficient (Wildman–Crippen LogP) is 2.53. The summed E-state index contributed by atoms with van der Waals surface area (Å²) in [6, 6.07) is 0. The number of amides is 1. The van der Waals surface area contributed by atoms with Gasteiger partial charge in [-0.05, 0) is 49.5 Å². The molecule has 0 aliphatic carbocycles. The van der Waals surface area contributed by atoms with Crippen molar-refractivity contribution in [1.29, 1.82) is 0 Å². The zero-order valence-electron chi connectivity index (χ0n) is 9.41. The molecule has 0 saturated carbocycles. The van der Waals surface area contributed by atoms with Crippen LogP contribution in [0.25, 0.3) is 0 Å². The van der Waals surface area contributed by atoms with Crippen LogP contribution < -0.4 is 0 Å². The smallest absolute Gasteiger partial charge is 0.222 e. The van der Waals surface area contributed by atoms with E-state index < -0.39 is 0 Å². The van der Waals surface area contributed by atoms with Crippen LogP contribution in [0.2, 0.25) is 0 Å². The quantitative estimate of drug-likeness (QED) is 0.722. The molecule has 86 valence electrons. The lowest BCUT2D eigenvalue weighted by Gasteiger charge is -2.29. The standard InChI is InChI=1S/C12H21NOS/c14-12(13-6-2-1-3-7-13)10-11-4-8-15-9-5-11/h11H,1-10H2. The molecule has 0 radical (unpaired) electrons. The number of piperidine rings is 1. The van der Waals surface area contributed by atoms with Crippen LogP contribution in [0.5, 0.6) is 0 Å². The largest absolute Gasteiger partial charge is 0.343 e. The fourth-order valence-electron chi connectivity index (χ4n) is 2.47. The van der Waals surface area contributed by atoms with Crippen LogP contribution in [0.3, 0.4) is 0 Å². The van der Waals surface area contributed by atoms with Crippen molar-refractivity contribution >= 4 is 17.7 Å². The molecule has 0 N–H and O–H groups in total. The Morgan fingerprint density at radius 3 is 2.47 bits per heavy atom. The number of carbonyl (C=O) groups is 1. The third-order valence-corrected chi connectivity index (χ3v) is 4.56. The number of nitrogens with zero attached hydrogens (tertiary/aromatic N) is 1. The van der Waals surface area contributed by atoms with Crippen LogP contribution in [-0.2, 0) is 4.79 Å². The number of likely N-dealkylation sites (tertiary alicyclic amines) is 1. The van der Waals surface area contributed by atoms with Gasteiger partial charge in [-0.2, -0.15) is 11.8 Å². The van der Waals surface area contributed by atoms with E-state index >= 15 is 0 Å². The highest BCUT2D eigenvalue weighted by atomic mass is 32.2. The third kappa shape index (κ3) is 3.40. The number of rotatable bonds is 2. The van der Waals surface area contributed by atoms with Crippen molar-refractivity contribution in [3.05, 3.63) is 0 Å². The summed E-state index contributed by atoms with van der Waals surface area (Å²) in [5, 5.41) is 0. The Morgan fingerprint density at radius 2 is 1.80 bits per heavy atom. The summed E-state index contributed by atoms with van der Waals surface area (Å²) < 4.78 is 0. The van der Waals surface area contributed by atoms with Crippen LogP contribution in [-0.4, -0.2) is 35.4 Å². The molecule has 15 heavy (non-hydrogen) atoms. The maximum Gasteiger partial charge on any atom is 0.222 e. The zero-order valence-corrected chi connectivity index (χ0v) is 10.2. The van der Waals surface area contributed by atoms with Gasteiger partial charge in [0.25, 0.3) is 0 Å². The predicted molar refractivity (Wildman–Crippen MR) is 65.1 cm³/mol. The fraction of sp³-hybridized carbons (Fsp3) is 0.917. The van der Waals surface area contributed by atoms with Gasteiger partial charge in [0.1, 0.15) is 0 Å². The van der Waals surface area contributed by atoms with Gasteiger partial charge in [0, 0.05) is 19.5 Å². The molecule has 0 aromatic heterocycles. The molecule has 1 amide bonds. The lowest BCUT2D eigenvalue weighted by atomic mass is 9.97. The van der Waals surface area contributed by atoms with Gasteiger partial charge in [-0.1, -0.05) is 0 Å². The topological polar surface area (TPSA) is 20.3 Å². The van der Waals surface area contributed by atoms with Crippen molar-refractivity contribution in [2.24, 2.45) is 5.92 Å². The molecular formula is C12H21NOS. The fourth-order valence-corrected chi connectivity index (χ4v) is 3.67. The number of carbonyl (C=O) groups excluding carboxylic acids is 1. The lowest BCUT2D eigenvalue weighted by Crippen LogP contribution is -2.36. The summed E-state index contributed by atoms with van der Waals surface area (Å²) >= 11 is 2.04. The average molecular weight is 227 g/mol. The molecule has 0 atom stereocenters. The molecule has 0 unspecified atom stereocenters. The Balaban J connectivity index is 1.74. The summed E-state index contributed by atoms with van der Waals surface area (Å²) in [6.07, 6.45) is 7.07. The minimum Gasteiger partial charge on any atom is -0.343 e. The second kappa shape index (κ2) is 5.78. The summed E-state index contributed by atoms with van der Waals surface area (Å²) in [5.41, 5.74) is 0. The molecule has 2 heterocycles. The van der Waals surface area contributed by atoms with Crippen molar-refractivity contribution in [3.8, 4) is 0 Å². The van der Waals surface area contributed by atoms with Crippen molar-refractivity contribution in [2.75, 3.05) is 24.6 Å². The van der Waals surface area contributed by atoms with E-state index in [1.807, 2.05) is 11.8 Å². The second-order valence-electron chi connectivity index (χ2n) is 4.70. The molecule has 2 saturated heterocycles. The Bertz CT molecular complexity index is 208. The normalized spacial score (nSPS) is 24.1. The maximum atomic E-state index is 12.0. The van der Waals surface area contributed by atoms with E-state index in [1.165, 1.54) is 43.6 Å². The Kier molecular flexibility index (Phi) is 4.36. The van der Waals surface area contributed by atoms with E-state index in [0.717, 1.165) is 19.5 Å². The molecule has 2 aliphatic rings. The first-order valence-electron chi connectivity index (χ1n) is 6.22. The molecule has 2 rings (SSSR count). The van der Waals surface area contributed by atoms with Crippen molar-refractivity contribution < 1.29 is 4.79 Å². The van der Waals surface area contributed by atoms with Gasteiger partial charge in [-0.25, -0.2) is 0 Å². The van der Waals surface area contributed by atoms with Crippen molar-refractivity contribution in [3.63, 3.8) is 0 Å². The number of thioether (sulfide) groups is 1. The van der Waals surface area contributed by atoms with Gasteiger partial charge in [0.15, 0.2) is 0 Å². The van der Waals surface area contributed by atoms with E-state index in [-0.39, 0.29) is 0 Å². The third-order valence-electron chi connectivity index (χ3n) is 3.51. The molecule has 2 fully saturated rings. The van der Waals surface area contributed by atoms with Gasteiger partial charge in [0.05, 0.1) is 0 Å². The lowest BCUT2D eigenvalue weighted by molar-refractivity contribution is -0.133. The van der Waals surface area contributed by atoms with E-state index in [4.69, 9.17) is 0 Å². The zero-order chi connectivity index (χ0) is 10.5. The molecule has 0 bridgehead atoms. The van der Waals surface area contributed by atoms with Crippen molar-refractivity contribution in [2.45, 2.75) is 38.5 Å². The van der Waals surface area contributed by atoms with Gasteiger partial charge in [-0.15, -0.1) is 0 Å². The monoisotopic (exact) mass is 227 g/mol. The summed E-state index contributed by atoms with van der Waals surface area (Å²) in [4.78, 5) is 14.1. The number of hydrogen-bond acceptors (Lipinski definition) is 2. The first-order valence-corrected chi connectivity index (χ1v) is 7.37. The average Bonchev–Trinajstić information content (AvgIpc) is 2.31. The Hall–Kier alpha value is -0.180. The van der Waals surface area contributed by atoms with Gasteiger partial charge in [0.2, 0.25) is 5.91 Å². The molecule has 0 aromatic carbocycles. The highest BCUT2D eigenvalue weighted by Crippen LogP contribution is 2.26. The Morgan fingerprint density at radius 1 is 1.13 bits per heavy atom. The van der Waals surface area contributed by atoms with E-state index in [1.54, 1.807) is 0 Å². The summed E-state index contributed by atoms with van der Waals surface area (Å²) in [6.45, 7) is 2.03. The van der Waals surface area contributed by atoms with Crippen LogP contribution in [0.15, 0.2) is 0 Å². The van der Waals surface area contributed by atoms with E-state index in [2.05, 4.69) is 4.90 Å². The summed E-state index contributed by atoms with van der Waals surface area (Å²) in [5.74, 6) is 3.63. The molecule has 2 nitrogen and oxygen atoms in total. The molecule has 2 aliphatic heterocycles. The minimum atomic E-state index is 0.423. The van der Waals surface area contributed by atoms with Crippen LogP contribution in [0, 0.1) is 5.92 Å². The highest BCUT2D eigenvalue weighted by molar-refractivity contribution is 7.99. The van der Waals surface area contributed by atoms with Crippen LogP contribution >= 0.6 is 11.8 Å². The van der Waals surface area contributed by atoms with Crippen LogP contribution in [0.4, 0.5) is 0 Å². The Labute approximate surface area is 96.8 Å².